The van der Waals surface area contributed by atoms with Gasteiger partial charge in [-0.1, -0.05) is 85.8 Å². The van der Waals surface area contributed by atoms with Gasteiger partial charge in [0.05, 0.1) is 17.5 Å². The van der Waals surface area contributed by atoms with Crippen LogP contribution in [0.2, 0.25) is 0 Å². The molecule has 1 aliphatic carbocycles. The average molecular weight is 410 g/mol. The van der Waals surface area contributed by atoms with Crippen molar-refractivity contribution in [2.45, 2.75) is 38.0 Å². The van der Waals surface area contributed by atoms with Gasteiger partial charge < -0.3 is 0 Å². The molecule has 2 amide bonds. The number of nitrogens with zero attached hydrogens (tertiary/aromatic N) is 1. The Hall–Kier alpha value is -3.20. The van der Waals surface area contributed by atoms with Crippen LogP contribution in [-0.4, -0.2) is 11.8 Å². The Morgan fingerprint density at radius 1 is 0.677 bits per heavy atom. The minimum atomic E-state index is -0.321. The topological polar surface area (TPSA) is 37.4 Å². The number of rotatable bonds is 4. The molecular formula is C28H27NO2. The molecule has 3 nitrogen and oxygen atoms in total. The molecule has 4 atom stereocenters. The number of hydrogen-bond acceptors (Lipinski definition) is 2. The second-order valence-electron chi connectivity index (χ2n) is 8.66. The summed E-state index contributed by atoms with van der Waals surface area (Å²) in [6.45, 7) is 2.07. The van der Waals surface area contributed by atoms with E-state index in [1.165, 1.54) is 4.90 Å². The van der Waals surface area contributed by atoms with E-state index in [9.17, 15) is 9.59 Å². The smallest absolute Gasteiger partial charge is 0.238 e. The average Bonchev–Trinajstić information content (AvgIpc) is 3.10. The molecule has 1 saturated heterocycles. The molecule has 0 bridgehead atoms. The summed E-state index contributed by atoms with van der Waals surface area (Å²) < 4.78 is 0. The van der Waals surface area contributed by atoms with Crippen molar-refractivity contribution in [3.8, 4) is 0 Å². The summed E-state index contributed by atoms with van der Waals surface area (Å²) in [4.78, 5) is 29.3. The van der Waals surface area contributed by atoms with Crippen molar-refractivity contribution in [3.63, 3.8) is 0 Å². The van der Waals surface area contributed by atoms with Crippen LogP contribution in [0.15, 0.2) is 84.9 Å². The Labute approximate surface area is 183 Å². The summed E-state index contributed by atoms with van der Waals surface area (Å²) in [5.74, 6) is -0.573. The van der Waals surface area contributed by atoms with E-state index in [1.54, 1.807) is 0 Å². The lowest BCUT2D eigenvalue weighted by Crippen LogP contribution is -2.34. The zero-order chi connectivity index (χ0) is 21.4. The van der Waals surface area contributed by atoms with E-state index in [4.69, 9.17) is 0 Å². The van der Waals surface area contributed by atoms with Crippen molar-refractivity contribution < 1.29 is 9.59 Å². The molecule has 0 spiro atoms. The number of anilines is 1. The number of carbonyl (C=O) groups excluding carboxylic acids is 2. The number of benzene rings is 3. The SMILES string of the molecule is CCc1ccccc1N1C(=O)[C@@H]2[C@H](C1=O)[C@H](c1ccccc1)CC[C@@H]2c1ccccc1. The molecule has 2 fully saturated rings. The molecule has 1 aliphatic heterocycles. The van der Waals surface area contributed by atoms with Gasteiger partial charge in [0.1, 0.15) is 0 Å². The molecule has 156 valence electrons. The third kappa shape index (κ3) is 3.29. The summed E-state index contributed by atoms with van der Waals surface area (Å²) in [5, 5.41) is 0. The quantitative estimate of drug-likeness (QED) is 0.517. The highest BCUT2D eigenvalue weighted by atomic mass is 16.2. The Balaban J connectivity index is 1.62. The normalized spacial score (nSPS) is 25.5. The zero-order valence-electron chi connectivity index (χ0n) is 17.8. The minimum absolute atomic E-state index is 0.0367. The van der Waals surface area contributed by atoms with Gasteiger partial charge in [0.2, 0.25) is 11.8 Å². The monoisotopic (exact) mass is 409 g/mol. The van der Waals surface area contributed by atoms with Crippen LogP contribution in [0.4, 0.5) is 5.69 Å². The van der Waals surface area contributed by atoms with E-state index in [0.717, 1.165) is 41.6 Å². The van der Waals surface area contributed by atoms with E-state index in [0.29, 0.717) is 0 Å². The highest BCUT2D eigenvalue weighted by Gasteiger charge is 2.57. The summed E-state index contributed by atoms with van der Waals surface area (Å²) in [6.07, 6.45) is 2.60. The fraction of sp³-hybridized carbons (Fsp3) is 0.286. The largest absolute Gasteiger partial charge is 0.274 e. The molecule has 5 rings (SSSR count). The van der Waals surface area contributed by atoms with Crippen LogP contribution >= 0.6 is 0 Å². The Kier molecular flexibility index (Phi) is 5.19. The summed E-state index contributed by atoms with van der Waals surface area (Å²) in [5.41, 5.74) is 4.12. The minimum Gasteiger partial charge on any atom is -0.274 e. The highest BCUT2D eigenvalue weighted by Crippen LogP contribution is 2.53. The fourth-order valence-electron chi connectivity index (χ4n) is 5.69. The first-order chi connectivity index (χ1) is 15.2. The number of amides is 2. The first-order valence-electron chi connectivity index (χ1n) is 11.3. The van der Waals surface area contributed by atoms with Crippen LogP contribution in [0.1, 0.15) is 48.3 Å². The maximum Gasteiger partial charge on any atom is 0.238 e. The highest BCUT2D eigenvalue weighted by molar-refractivity contribution is 6.23. The number of carbonyl (C=O) groups is 2. The van der Waals surface area contributed by atoms with Gasteiger partial charge in [0, 0.05) is 0 Å². The van der Waals surface area contributed by atoms with Gasteiger partial charge in [-0.3, -0.25) is 9.59 Å². The van der Waals surface area contributed by atoms with E-state index in [-0.39, 0.29) is 35.5 Å². The number of fused-ring (bicyclic) bond motifs is 1. The van der Waals surface area contributed by atoms with Crippen LogP contribution in [-0.2, 0) is 16.0 Å². The van der Waals surface area contributed by atoms with Crippen molar-refractivity contribution >= 4 is 17.5 Å². The lowest BCUT2D eigenvalue weighted by molar-refractivity contribution is -0.122. The zero-order valence-corrected chi connectivity index (χ0v) is 17.8. The summed E-state index contributed by atoms with van der Waals surface area (Å²) >= 11 is 0. The maximum absolute atomic E-state index is 13.9. The molecule has 3 aromatic carbocycles. The predicted molar refractivity (Wildman–Crippen MR) is 123 cm³/mol. The Bertz CT molecular complexity index is 1030. The fourth-order valence-corrected chi connectivity index (χ4v) is 5.69. The van der Waals surface area contributed by atoms with E-state index in [2.05, 4.69) is 31.2 Å². The standard InChI is InChI=1S/C28H27NO2/c1-2-19-11-9-10-16-24(19)29-27(30)25-22(20-12-5-3-6-13-20)17-18-23(26(25)28(29)31)21-14-7-4-8-15-21/h3-16,22-23,25-26H,2,17-18H2,1H3/t22-,23+,25+,26-. The molecule has 1 saturated carbocycles. The number of para-hydroxylation sites is 1. The van der Waals surface area contributed by atoms with Crippen molar-refractivity contribution in [2.24, 2.45) is 11.8 Å². The van der Waals surface area contributed by atoms with E-state index >= 15 is 0 Å². The number of aryl methyl sites for hydroxylation is 1. The summed E-state index contributed by atoms with van der Waals surface area (Å²) in [6, 6.07) is 28.3. The van der Waals surface area contributed by atoms with Crippen molar-refractivity contribution in [1.82, 2.24) is 0 Å². The van der Waals surface area contributed by atoms with Gasteiger partial charge in [-0.2, -0.15) is 0 Å². The molecule has 3 heteroatoms. The first kappa shape index (κ1) is 19.7. The van der Waals surface area contributed by atoms with Gasteiger partial charge in [-0.25, -0.2) is 4.90 Å². The second kappa shape index (κ2) is 8.14. The molecule has 2 aliphatic rings. The van der Waals surface area contributed by atoms with E-state index in [1.807, 2.05) is 60.7 Å². The third-order valence-electron chi connectivity index (χ3n) is 7.12. The first-order valence-corrected chi connectivity index (χ1v) is 11.3. The lowest BCUT2D eigenvalue weighted by Gasteiger charge is -2.37. The molecule has 3 aromatic rings. The van der Waals surface area contributed by atoms with Crippen molar-refractivity contribution in [3.05, 3.63) is 102 Å². The van der Waals surface area contributed by atoms with Gasteiger partial charge in [0.25, 0.3) is 0 Å². The molecular weight excluding hydrogens is 382 g/mol. The Morgan fingerprint density at radius 3 is 1.61 bits per heavy atom. The lowest BCUT2D eigenvalue weighted by atomic mass is 9.64. The van der Waals surface area contributed by atoms with Gasteiger partial charge in [-0.05, 0) is 53.9 Å². The molecule has 1 heterocycles. The molecule has 0 unspecified atom stereocenters. The number of hydrogen-bond donors (Lipinski definition) is 0. The maximum atomic E-state index is 13.9. The molecule has 0 N–H and O–H groups in total. The number of imide groups is 1. The predicted octanol–water partition coefficient (Wildman–Crippen LogP) is 5.72. The van der Waals surface area contributed by atoms with Crippen LogP contribution in [0.3, 0.4) is 0 Å². The Morgan fingerprint density at radius 2 is 1.13 bits per heavy atom. The van der Waals surface area contributed by atoms with Crippen LogP contribution < -0.4 is 4.90 Å². The molecule has 0 aromatic heterocycles. The van der Waals surface area contributed by atoms with Crippen molar-refractivity contribution in [1.29, 1.82) is 0 Å². The van der Waals surface area contributed by atoms with Gasteiger partial charge >= 0.3 is 0 Å². The van der Waals surface area contributed by atoms with Crippen LogP contribution in [0, 0.1) is 11.8 Å². The van der Waals surface area contributed by atoms with E-state index < -0.39 is 0 Å². The third-order valence-corrected chi connectivity index (χ3v) is 7.12. The van der Waals surface area contributed by atoms with Gasteiger partial charge in [-0.15, -0.1) is 0 Å². The van der Waals surface area contributed by atoms with Gasteiger partial charge in [0.15, 0.2) is 0 Å². The molecule has 31 heavy (non-hydrogen) atoms. The van der Waals surface area contributed by atoms with Crippen LogP contribution in [0.5, 0.6) is 0 Å². The second-order valence-corrected chi connectivity index (χ2v) is 8.66. The van der Waals surface area contributed by atoms with Crippen molar-refractivity contribution in [2.75, 3.05) is 4.90 Å². The van der Waals surface area contributed by atoms with Crippen LogP contribution in [0.25, 0.3) is 0 Å². The summed E-state index contributed by atoms with van der Waals surface area (Å²) in [7, 11) is 0. The molecule has 0 radical (unpaired) electrons.